The number of hydrazone groups is 1. The molecule has 1 aromatic carbocycles. The Morgan fingerprint density at radius 2 is 2.21 bits per heavy atom. The van der Waals surface area contributed by atoms with Crippen LogP contribution < -0.4 is 10.7 Å². The zero-order valence-electron chi connectivity index (χ0n) is 11.2. The molecule has 2 rings (SSSR count). The van der Waals surface area contributed by atoms with Crippen LogP contribution in [0.1, 0.15) is 27.2 Å². The van der Waals surface area contributed by atoms with E-state index < -0.39 is 0 Å². The van der Waals surface area contributed by atoms with Gasteiger partial charge >= 0.3 is 0 Å². The molecule has 0 atom stereocenters. The lowest BCUT2D eigenvalue weighted by molar-refractivity contribution is -0.115. The number of nitrogens with one attached hydrogen (secondary N) is 2. The Hall–Kier alpha value is -1.95. The molecule has 100 valence electrons. The Morgan fingerprint density at radius 1 is 1.42 bits per heavy atom. The molecule has 1 aromatic heterocycles. The molecule has 0 spiro atoms. The summed E-state index contributed by atoms with van der Waals surface area (Å²) in [6, 6.07) is 5.67. The van der Waals surface area contributed by atoms with E-state index in [2.05, 4.69) is 20.8 Å². The van der Waals surface area contributed by atoms with Gasteiger partial charge in [0.15, 0.2) is 0 Å². The second kappa shape index (κ2) is 5.79. The maximum Gasteiger partial charge on any atom is 0.224 e. The quantitative estimate of drug-likeness (QED) is 0.664. The van der Waals surface area contributed by atoms with Crippen molar-refractivity contribution < 1.29 is 4.79 Å². The largest absolute Gasteiger partial charge is 0.326 e. The first-order chi connectivity index (χ1) is 9.08. The molecule has 0 unspecified atom stereocenters. The van der Waals surface area contributed by atoms with Crippen LogP contribution in [-0.2, 0) is 4.79 Å². The molecule has 0 fully saturated rings. The number of aromatic nitrogens is 1. The predicted molar refractivity (Wildman–Crippen MR) is 80.9 cm³/mol. The van der Waals surface area contributed by atoms with Gasteiger partial charge in [0, 0.05) is 17.8 Å². The summed E-state index contributed by atoms with van der Waals surface area (Å²) in [6.07, 6.45) is 0.470. The highest BCUT2D eigenvalue weighted by Crippen LogP contribution is 2.28. The number of rotatable bonds is 4. The monoisotopic (exact) mass is 276 g/mol. The normalized spacial score (nSPS) is 10.3. The molecule has 0 aliphatic rings. The van der Waals surface area contributed by atoms with Crippen molar-refractivity contribution in [1.82, 2.24) is 4.98 Å². The molecule has 5 nitrogen and oxygen atoms in total. The molecule has 2 aromatic rings. The van der Waals surface area contributed by atoms with Crippen LogP contribution >= 0.6 is 11.3 Å². The fraction of sp³-hybridized carbons (Fsp3) is 0.308. The Morgan fingerprint density at radius 3 is 2.89 bits per heavy atom. The van der Waals surface area contributed by atoms with Crippen molar-refractivity contribution in [1.29, 1.82) is 0 Å². The molecule has 0 saturated heterocycles. The summed E-state index contributed by atoms with van der Waals surface area (Å²) >= 11 is 1.51. The minimum Gasteiger partial charge on any atom is -0.326 e. The van der Waals surface area contributed by atoms with Gasteiger partial charge < -0.3 is 5.32 Å². The van der Waals surface area contributed by atoms with Gasteiger partial charge in [0.25, 0.3) is 0 Å². The van der Waals surface area contributed by atoms with Crippen LogP contribution in [0.4, 0.5) is 10.8 Å². The van der Waals surface area contributed by atoms with Gasteiger partial charge in [-0.15, -0.1) is 0 Å². The molecule has 2 N–H and O–H groups in total. The highest BCUT2D eigenvalue weighted by molar-refractivity contribution is 7.22. The van der Waals surface area contributed by atoms with E-state index in [1.165, 1.54) is 11.3 Å². The van der Waals surface area contributed by atoms with Crippen LogP contribution in [0.2, 0.25) is 0 Å². The van der Waals surface area contributed by atoms with Crippen LogP contribution in [-0.4, -0.2) is 16.6 Å². The molecule has 0 radical (unpaired) electrons. The molecule has 1 amide bonds. The Kier molecular flexibility index (Phi) is 4.11. The number of anilines is 2. The molecule has 0 aliphatic heterocycles. The Labute approximate surface area is 115 Å². The van der Waals surface area contributed by atoms with Gasteiger partial charge in [-0.1, -0.05) is 18.3 Å². The lowest BCUT2D eigenvalue weighted by Gasteiger charge is -2.02. The first kappa shape index (κ1) is 13.5. The van der Waals surface area contributed by atoms with E-state index >= 15 is 0 Å². The van der Waals surface area contributed by atoms with E-state index in [0.29, 0.717) is 6.42 Å². The third kappa shape index (κ3) is 3.51. The van der Waals surface area contributed by atoms with Crippen molar-refractivity contribution in [3.05, 3.63) is 18.2 Å². The summed E-state index contributed by atoms with van der Waals surface area (Å²) in [5, 5.41) is 7.70. The van der Waals surface area contributed by atoms with Crippen LogP contribution in [0.15, 0.2) is 23.3 Å². The third-order valence-electron chi connectivity index (χ3n) is 2.37. The first-order valence-corrected chi connectivity index (χ1v) is 6.87. The average molecular weight is 276 g/mol. The zero-order chi connectivity index (χ0) is 13.8. The molecule has 19 heavy (non-hydrogen) atoms. The van der Waals surface area contributed by atoms with E-state index in [1.54, 1.807) is 0 Å². The molecular formula is C13H16N4OS. The summed E-state index contributed by atoms with van der Waals surface area (Å²) in [5.41, 5.74) is 5.54. The van der Waals surface area contributed by atoms with Crippen LogP contribution in [0, 0.1) is 0 Å². The SMILES string of the molecule is CCC(=O)Nc1ccc2nc(NN=C(C)C)sc2c1. The van der Waals surface area contributed by atoms with Gasteiger partial charge in [0.2, 0.25) is 11.0 Å². The van der Waals surface area contributed by atoms with Gasteiger partial charge in [-0.05, 0) is 32.0 Å². The minimum atomic E-state index is 0.00780. The van der Waals surface area contributed by atoms with Crippen LogP contribution in [0.3, 0.4) is 0 Å². The summed E-state index contributed by atoms with van der Waals surface area (Å²) in [6.45, 7) is 5.66. The number of nitrogens with zero attached hydrogens (tertiary/aromatic N) is 2. The molecule has 0 bridgehead atoms. The van der Waals surface area contributed by atoms with Crippen molar-refractivity contribution in [2.24, 2.45) is 5.10 Å². The van der Waals surface area contributed by atoms with Crippen LogP contribution in [0.25, 0.3) is 10.2 Å². The summed E-state index contributed by atoms with van der Waals surface area (Å²) in [5.74, 6) is 0.00780. The van der Waals surface area contributed by atoms with Crippen molar-refractivity contribution in [3.63, 3.8) is 0 Å². The van der Waals surface area contributed by atoms with Gasteiger partial charge in [-0.3, -0.25) is 10.2 Å². The number of thiazole rings is 1. The molecular weight excluding hydrogens is 260 g/mol. The number of amides is 1. The van der Waals surface area contributed by atoms with E-state index in [4.69, 9.17) is 0 Å². The fourth-order valence-electron chi connectivity index (χ4n) is 1.46. The maximum absolute atomic E-state index is 11.3. The Bertz CT molecular complexity index is 629. The summed E-state index contributed by atoms with van der Waals surface area (Å²) in [7, 11) is 0. The minimum absolute atomic E-state index is 0.00780. The van der Waals surface area contributed by atoms with Gasteiger partial charge in [-0.2, -0.15) is 5.10 Å². The van der Waals surface area contributed by atoms with Crippen molar-refractivity contribution >= 4 is 44.0 Å². The average Bonchev–Trinajstić information content (AvgIpc) is 2.78. The zero-order valence-corrected chi connectivity index (χ0v) is 12.0. The summed E-state index contributed by atoms with van der Waals surface area (Å²) in [4.78, 5) is 15.8. The maximum atomic E-state index is 11.3. The fourth-order valence-corrected chi connectivity index (χ4v) is 2.31. The standard InChI is InChI=1S/C13H16N4OS/c1-4-12(18)14-9-5-6-10-11(7-9)19-13(15-10)17-16-8(2)3/h5-7H,4H2,1-3H3,(H,14,18)(H,15,17). The van der Waals surface area contributed by atoms with Crippen molar-refractivity contribution in [2.75, 3.05) is 10.7 Å². The van der Waals surface area contributed by atoms with Crippen molar-refractivity contribution in [2.45, 2.75) is 27.2 Å². The first-order valence-electron chi connectivity index (χ1n) is 6.06. The predicted octanol–water partition coefficient (Wildman–Crippen LogP) is 3.45. The lowest BCUT2D eigenvalue weighted by Crippen LogP contribution is -2.08. The van der Waals surface area contributed by atoms with E-state index in [1.807, 2.05) is 39.0 Å². The second-order valence-electron chi connectivity index (χ2n) is 4.27. The van der Waals surface area contributed by atoms with E-state index in [0.717, 1.165) is 26.7 Å². The van der Waals surface area contributed by atoms with Crippen molar-refractivity contribution in [3.8, 4) is 0 Å². The molecule has 6 heteroatoms. The van der Waals surface area contributed by atoms with Gasteiger partial charge in [-0.25, -0.2) is 4.98 Å². The topological polar surface area (TPSA) is 66.4 Å². The van der Waals surface area contributed by atoms with Gasteiger partial charge in [0.1, 0.15) is 0 Å². The number of hydrogen-bond acceptors (Lipinski definition) is 5. The van der Waals surface area contributed by atoms with Gasteiger partial charge in [0.05, 0.1) is 10.2 Å². The molecule has 1 heterocycles. The highest BCUT2D eigenvalue weighted by atomic mass is 32.1. The van der Waals surface area contributed by atoms with E-state index in [-0.39, 0.29) is 5.91 Å². The number of hydrogen-bond donors (Lipinski definition) is 2. The smallest absolute Gasteiger partial charge is 0.224 e. The number of carbonyl (C=O) groups excluding carboxylic acids is 1. The summed E-state index contributed by atoms with van der Waals surface area (Å²) < 4.78 is 1.01. The number of carbonyl (C=O) groups is 1. The highest BCUT2D eigenvalue weighted by Gasteiger charge is 2.05. The number of fused-ring (bicyclic) bond motifs is 1. The second-order valence-corrected chi connectivity index (χ2v) is 5.30. The lowest BCUT2D eigenvalue weighted by atomic mass is 10.3. The molecule has 0 aliphatic carbocycles. The Balaban J connectivity index is 2.23. The third-order valence-corrected chi connectivity index (χ3v) is 3.29. The van der Waals surface area contributed by atoms with E-state index in [9.17, 15) is 4.79 Å². The van der Waals surface area contributed by atoms with Crippen LogP contribution in [0.5, 0.6) is 0 Å². The number of benzene rings is 1. The molecule has 0 saturated carbocycles.